The Balaban J connectivity index is 1.74. The van der Waals surface area contributed by atoms with Gasteiger partial charge in [0.05, 0.1) is 5.69 Å². The first-order chi connectivity index (χ1) is 16.1. The molecule has 1 aliphatic heterocycles. The standard InChI is InChI=1S/C31H27NO/c1-21-17-18-25(19-23(21)3)32-20-28-30(26-14-8-7-11-22(26)2)27-15-9-10-16-29(27)33-31(28)24-12-5-4-6-13-24/h4-20,30H,1-3H3/t30-/m1/s1. The van der Waals surface area contributed by atoms with Crippen LogP contribution in [-0.4, -0.2) is 6.21 Å². The second-order valence-corrected chi connectivity index (χ2v) is 8.61. The van der Waals surface area contributed by atoms with Gasteiger partial charge in [-0.25, -0.2) is 0 Å². The van der Waals surface area contributed by atoms with E-state index < -0.39 is 0 Å². The molecule has 0 bridgehead atoms. The Morgan fingerprint density at radius 3 is 2.12 bits per heavy atom. The van der Waals surface area contributed by atoms with E-state index >= 15 is 0 Å². The Morgan fingerprint density at radius 2 is 1.36 bits per heavy atom. The zero-order chi connectivity index (χ0) is 22.8. The molecule has 0 aromatic heterocycles. The van der Waals surface area contributed by atoms with Gasteiger partial charge < -0.3 is 4.74 Å². The van der Waals surface area contributed by atoms with Crippen LogP contribution in [0.25, 0.3) is 5.76 Å². The highest BCUT2D eigenvalue weighted by Crippen LogP contribution is 2.45. The second-order valence-electron chi connectivity index (χ2n) is 8.61. The van der Waals surface area contributed by atoms with Crippen molar-refractivity contribution in [3.8, 4) is 5.75 Å². The van der Waals surface area contributed by atoms with Gasteiger partial charge in [0.2, 0.25) is 0 Å². The zero-order valence-corrected chi connectivity index (χ0v) is 19.2. The van der Waals surface area contributed by atoms with E-state index in [1.165, 1.54) is 22.3 Å². The molecule has 0 spiro atoms. The fourth-order valence-corrected chi connectivity index (χ4v) is 4.42. The predicted molar refractivity (Wildman–Crippen MR) is 138 cm³/mol. The van der Waals surface area contributed by atoms with E-state index in [0.29, 0.717) is 0 Å². The molecule has 4 aromatic carbocycles. The van der Waals surface area contributed by atoms with Crippen LogP contribution in [0.1, 0.15) is 39.3 Å². The Bertz CT molecular complexity index is 1360. The quantitative estimate of drug-likeness (QED) is 0.302. The summed E-state index contributed by atoms with van der Waals surface area (Å²) in [6.45, 7) is 6.42. The first-order valence-corrected chi connectivity index (χ1v) is 11.3. The van der Waals surface area contributed by atoms with Crippen molar-refractivity contribution < 1.29 is 4.74 Å². The number of fused-ring (bicyclic) bond motifs is 1. The fourth-order valence-electron chi connectivity index (χ4n) is 4.42. The third-order valence-electron chi connectivity index (χ3n) is 6.39. The van der Waals surface area contributed by atoms with Crippen molar-refractivity contribution in [3.63, 3.8) is 0 Å². The van der Waals surface area contributed by atoms with Crippen molar-refractivity contribution in [1.82, 2.24) is 0 Å². The molecule has 0 saturated carbocycles. The molecule has 0 saturated heterocycles. The minimum atomic E-state index is 0.0293. The molecule has 0 N–H and O–H groups in total. The van der Waals surface area contributed by atoms with Gasteiger partial charge in [-0.3, -0.25) is 4.99 Å². The van der Waals surface area contributed by atoms with Crippen LogP contribution in [0.2, 0.25) is 0 Å². The summed E-state index contributed by atoms with van der Waals surface area (Å²) in [6, 6.07) is 33.6. The van der Waals surface area contributed by atoms with Gasteiger partial charge in [-0.2, -0.15) is 0 Å². The second kappa shape index (κ2) is 8.91. The highest BCUT2D eigenvalue weighted by atomic mass is 16.5. The van der Waals surface area contributed by atoms with Crippen molar-refractivity contribution in [2.75, 3.05) is 0 Å². The number of allylic oxidation sites excluding steroid dienone is 1. The summed E-state index contributed by atoms with van der Waals surface area (Å²) in [7, 11) is 0. The topological polar surface area (TPSA) is 21.6 Å². The molecule has 4 aromatic rings. The molecule has 0 amide bonds. The summed E-state index contributed by atoms with van der Waals surface area (Å²) < 4.78 is 6.54. The fraction of sp³-hybridized carbons (Fsp3) is 0.129. The van der Waals surface area contributed by atoms with Crippen molar-refractivity contribution in [2.45, 2.75) is 26.7 Å². The largest absolute Gasteiger partial charge is 0.456 e. The van der Waals surface area contributed by atoms with Gasteiger partial charge in [-0.15, -0.1) is 0 Å². The monoisotopic (exact) mass is 429 g/mol. The van der Waals surface area contributed by atoms with E-state index in [9.17, 15) is 0 Å². The van der Waals surface area contributed by atoms with E-state index in [1.54, 1.807) is 0 Å². The number of hydrogen-bond acceptors (Lipinski definition) is 2. The lowest BCUT2D eigenvalue weighted by atomic mass is 9.80. The minimum absolute atomic E-state index is 0.0293. The lowest BCUT2D eigenvalue weighted by molar-refractivity contribution is 0.489. The predicted octanol–water partition coefficient (Wildman–Crippen LogP) is 7.95. The van der Waals surface area contributed by atoms with E-state index in [1.807, 2.05) is 30.5 Å². The van der Waals surface area contributed by atoms with Gasteiger partial charge in [0.1, 0.15) is 11.5 Å². The average molecular weight is 430 g/mol. The SMILES string of the molecule is Cc1ccc(N=CC2=C(c3ccccc3)Oc3ccccc3[C@H]2c2ccccc2C)cc1C. The molecule has 0 unspecified atom stereocenters. The van der Waals surface area contributed by atoms with Crippen molar-refractivity contribution in [2.24, 2.45) is 4.99 Å². The Kier molecular flexibility index (Phi) is 5.66. The van der Waals surface area contributed by atoms with Gasteiger partial charge in [-0.1, -0.05) is 78.9 Å². The number of para-hydroxylation sites is 1. The number of hydrogen-bond donors (Lipinski definition) is 0. The molecule has 2 heteroatoms. The molecule has 5 rings (SSSR count). The van der Waals surface area contributed by atoms with E-state index in [0.717, 1.165) is 33.9 Å². The molecule has 0 radical (unpaired) electrons. The third kappa shape index (κ3) is 4.12. The van der Waals surface area contributed by atoms with Gasteiger partial charge in [-0.05, 0) is 61.2 Å². The van der Waals surface area contributed by atoms with Crippen LogP contribution in [0.15, 0.2) is 108 Å². The van der Waals surface area contributed by atoms with Crippen LogP contribution in [-0.2, 0) is 0 Å². The summed E-state index contributed by atoms with van der Waals surface area (Å²) in [5.74, 6) is 1.78. The minimum Gasteiger partial charge on any atom is -0.456 e. The summed E-state index contributed by atoms with van der Waals surface area (Å²) in [5.41, 5.74) is 9.24. The smallest absolute Gasteiger partial charge is 0.140 e. The molecule has 1 heterocycles. The summed E-state index contributed by atoms with van der Waals surface area (Å²) in [5, 5.41) is 0. The molecular weight excluding hydrogens is 402 g/mol. The number of rotatable bonds is 4. The highest BCUT2D eigenvalue weighted by molar-refractivity contribution is 5.95. The number of aliphatic imine (C=N–C) groups is 1. The molecule has 0 aliphatic carbocycles. The van der Waals surface area contributed by atoms with Crippen molar-refractivity contribution in [1.29, 1.82) is 0 Å². The molecule has 33 heavy (non-hydrogen) atoms. The lowest BCUT2D eigenvalue weighted by Crippen LogP contribution is -2.18. The van der Waals surface area contributed by atoms with Crippen LogP contribution in [0, 0.1) is 20.8 Å². The average Bonchev–Trinajstić information content (AvgIpc) is 2.85. The molecule has 162 valence electrons. The number of benzene rings is 4. The molecule has 1 atom stereocenters. The first-order valence-electron chi connectivity index (χ1n) is 11.3. The lowest BCUT2D eigenvalue weighted by Gasteiger charge is -2.30. The van der Waals surface area contributed by atoms with Gasteiger partial charge in [0, 0.05) is 28.8 Å². The zero-order valence-electron chi connectivity index (χ0n) is 19.2. The van der Waals surface area contributed by atoms with Crippen LogP contribution in [0.4, 0.5) is 5.69 Å². The van der Waals surface area contributed by atoms with Crippen molar-refractivity contribution >= 4 is 17.7 Å². The van der Waals surface area contributed by atoms with Gasteiger partial charge >= 0.3 is 0 Å². The molecular formula is C31H27NO. The number of nitrogens with zero attached hydrogens (tertiary/aromatic N) is 1. The summed E-state index contributed by atoms with van der Waals surface area (Å²) in [4.78, 5) is 4.92. The maximum atomic E-state index is 6.54. The number of ether oxygens (including phenoxy) is 1. The normalized spacial score (nSPS) is 15.4. The first kappa shape index (κ1) is 21.0. The maximum absolute atomic E-state index is 6.54. The maximum Gasteiger partial charge on any atom is 0.140 e. The van der Waals surface area contributed by atoms with Crippen LogP contribution >= 0.6 is 0 Å². The molecule has 1 aliphatic rings. The van der Waals surface area contributed by atoms with Crippen LogP contribution < -0.4 is 4.74 Å². The number of aryl methyl sites for hydroxylation is 3. The van der Waals surface area contributed by atoms with Gasteiger partial charge in [0.25, 0.3) is 0 Å². The van der Waals surface area contributed by atoms with Crippen LogP contribution in [0.5, 0.6) is 5.75 Å². The summed E-state index contributed by atoms with van der Waals surface area (Å²) >= 11 is 0. The summed E-state index contributed by atoms with van der Waals surface area (Å²) in [6.07, 6.45) is 2.00. The van der Waals surface area contributed by atoms with Crippen molar-refractivity contribution in [3.05, 3.63) is 136 Å². The van der Waals surface area contributed by atoms with E-state index in [-0.39, 0.29) is 5.92 Å². The van der Waals surface area contributed by atoms with E-state index in [4.69, 9.17) is 9.73 Å². The third-order valence-corrected chi connectivity index (χ3v) is 6.39. The highest BCUT2D eigenvalue weighted by Gasteiger charge is 2.31. The van der Waals surface area contributed by atoms with E-state index in [2.05, 4.69) is 93.6 Å². The Hall–Kier alpha value is -3.91. The Morgan fingerprint density at radius 1 is 0.667 bits per heavy atom. The van der Waals surface area contributed by atoms with Gasteiger partial charge in [0.15, 0.2) is 0 Å². The Labute approximate surface area is 195 Å². The molecule has 0 fully saturated rings. The molecule has 2 nitrogen and oxygen atoms in total. The van der Waals surface area contributed by atoms with Crippen LogP contribution in [0.3, 0.4) is 0 Å².